The molecule has 2 aromatic carbocycles. The van der Waals surface area contributed by atoms with E-state index in [9.17, 15) is 23.6 Å². The lowest BCUT2D eigenvalue weighted by atomic mass is 9.82. The van der Waals surface area contributed by atoms with E-state index >= 15 is 0 Å². The molecule has 168 valence electrons. The highest BCUT2D eigenvalue weighted by molar-refractivity contribution is 6.23. The van der Waals surface area contributed by atoms with Gasteiger partial charge in [0.1, 0.15) is 5.82 Å². The number of ether oxygens (including phenoxy) is 1. The van der Waals surface area contributed by atoms with Crippen molar-refractivity contribution in [2.45, 2.75) is 13.3 Å². The van der Waals surface area contributed by atoms with Gasteiger partial charge < -0.3 is 10.1 Å². The van der Waals surface area contributed by atoms with Crippen LogP contribution < -0.4 is 10.2 Å². The molecule has 0 radical (unpaired) electrons. The molecule has 2 aliphatic carbocycles. The summed E-state index contributed by atoms with van der Waals surface area (Å²) in [6.45, 7) is 1.46. The first-order chi connectivity index (χ1) is 15.8. The van der Waals surface area contributed by atoms with Gasteiger partial charge in [-0.3, -0.25) is 14.4 Å². The molecule has 1 aliphatic heterocycles. The predicted octanol–water partition coefficient (Wildman–Crippen LogP) is 3.32. The second-order valence-corrected chi connectivity index (χ2v) is 8.66. The topological polar surface area (TPSA) is 92.8 Å². The Morgan fingerprint density at radius 3 is 2.58 bits per heavy atom. The number of hydrogen-bond acceptors (Lipinski definition) is 5. The number of carbonyl (C=O) groups is 4. The monoisotopic (exact) mass is 448 g/mol. The Bertz CT molecular complexity index is 1210. The van der Waals surface area contributed by atoms with Crippen LogP contribution >= 0.6 is 0 Å². The van der Waals surface area contributed by atoms with Crippen molar-refractivity contribution in [3.8, 4) is 0 Å². The first kappa shape index (κ1) is 21.1. The third-order valence-electron chi connectivity index (χ3n) is 6.68. The first-order valence-electron chi connectivity index (χ1n) is 10.7. The lowest BCUT2D eigenvalue weighted by Crippen LogP contribution is -2.33. The maximum Gasteiger partial charge on any atom is 0.338 e. The van der Waals surface area contributed by atoms with E-state index in [1.54, 1.807) is 12.1 Å². The van der Waals surface area contributed by atoms with Crippen molar-refractivity contribution in [1.29, 1.82) is 0 Å². The zero-order valence-electron chi connectivity index (χ0n) is 17.8. The van der Waals surface area contributed by atoms with E-state index in [4.69, 9.17) is 4.74 Å². The van der Waals surface area contributed by atoms with Crippen LogP contribution in [-0.4, -0.2) is 30.3 Å². The van der Waals surface area contributed by atoms with Crippen LogP contribution in [0.5, 0.6) is 0 Å². The number of esters is 1. The van der Waals surface area contributed by atoms with Crippen molar-refractivity contribution in [3.05, 3.63) is 71.6 Å². The van der Waals surface area contributed by atoms with Gasteiger partial charge in [-0.1, -0.05) is 17.7 Å². The van der Waals surface area contributed by atoms with Gasteiger partial charge in [0.25, 0.3) is 5.91 Å². The van der Waals surface area contributed by atoms with Gasteiger partial charge in [-0.05, 0) is 67.6 Å². The average Bonchev–Trinajstić information content (AvgIpc) is 3.44. The fourth-order valence-corrected chi connectivity index (χ4v) is 5.25. The molecular formula is C25H21FN2O5. The Labute approximate surface area is 189 Å². The second kappa shape index (κ2) is 7.95. The van der Waals surface area contributed by atoms with Crippen molar-refractivity contribution < 1.29 is 28.3 Å². The third kappa shape index (κ3) is 3.61. The number of amides is 3. The third-order valence-corrected chi connectivity index (χ3v) is 6.68. The summed E-state index contributed by atoms with van der Waals surface area (Å²) >= 11 is 0. The van der Waals surface area contributed by atoms with E-state index in [2.05, 4.69) is 11.4 Å². The van der Waals surface area contributed by atoms with Gasteiger partial charge in [0, 0.05) is 5.69 Å². The van der Waals surface area contributed by atoms with Crippen molar-refractivity contribution in [2.24, 2.45) is 23.7 Å². The van der Waals surface area contributed by atoms with Crippen LogP contribution in [0.4, 0.5) is 15.8 Å². The summed E-state index contributed by atoms with van der Waals surface area (Å²) in [5.41, 5.74) is 1.98. The van der Waals surface area contributed by atoms with Crippen LogP contribution in [0, 0.1) is 29.5 Å². The number of nitrogens with zero attached hydrogens (tertiary/aromatic N) is 1. The Balaban J connectivity index is 1.25. The minimum Gasteiger partial charge on any atom is -0.452 e. The molecule has 4 atom stereocenters. The van der Waals surface area contributed by atoms with Crippen LogP contribution in [0.2, 0.25) is 0 Å². The summed E-state index contributed by atoms with van der Waals surface area (Å²) in [7, 11) is 0. The SMILES string of the molecule is CC1=C[C@H]2C[C@H]1[C@@H]1C(=O)N(c3cccc(C(=O)OCC(=O)Nc4ccc(F)cc4)c3)C(=O)[C@@H]12. The Hall–Kier alpha value is -3.81. The van der Waals surface area contributed by atoms with Gasteiger partial charge >= 0.3 is 5.97 Å². The van der Waals surface area contributed by atoms with Crippen LogP contribution in [0.15, 0.2) is 60.2 Å². The zero-order chi connectivity index (χ0) is 23.3. The van der Waals surface area contributed by atoms with Gasteiger partial charge in [0.15, 0.2) is 6.61 Å². The number of nitrogens with one attached hydrogen (secondary N) is 1. The van der Waals surface area contributed by atoms with Crippen LogP contribution in [0.1, 0.15) is 23.7 Å². The summed E-state index contributed by atoms with van der Waals surface area (Å²) in [5, 5.41) is 2.50. The van der Waals surface area contributed by atoms with Crippen LogP contribution in [0.3, 0.4) is 0 Å². The second-order valence-electron chi connectivity index (χ2n) is 8.66. The van der Waals surface area contributed by atoms with E-state index in [1.807, 2.05) is 6.92 Å². The molecule has 8 heteroatoms. The van der Waals surface area contributed by atoms with Gasteiger partial charge in [-0.2, -0.15) is 0 Å². The molecule has 2 bridgehead atoms. The molecule has 3 aliphatic rings. The van der Waals surface area contributed by atoms with Gasteiger partial charge in [-0.15, -0.1) is 0 Å². The number of carbonyl (C=O) groups excluding carboxylic acids is 4. The molecule has 3 amide bonds. The lowest BCUT2D eigenvalue weighted by molar-refractivity contribution is -0.123. The predicted molar refractivity (Wildman–Crippen MR) is 117 cm³/mol. The fourth-order valence-electron chi connectivity index (χ4n) is 5.25. The van der Waals surface area contributed by atoms with Crippen molar-refractivity contribution in [2.75, 3.05) is 16.8 Å². The Kier molecular flexibility index (Phi) is 5.08. The van der Waals surface area contributed by atoms with Gasteiger partial charge in [-0.25, -0.2) is 14.1 Å². The summed E-state index contributed by atoms with van der Waals surface area (Å²) in [6, 6.07) is 11.3. The molecule has 0 aromatic heterocycles. The number of anilines is 2. The number of rotatable bonds is 5. The summed E-state index contributed by atoms with van der Waals surface area (Å²) in [5.74, 6) is -2.71. The smallest absolute Gasteiger partial charge is 0.338 e. The fraction of sp³-hybridized carbons (Fsp3) is 0.280. The van der Waals surface area contributed by atoms with Crippen molar-refractivity contribution >= 4 is 35.1 Å². The van der Waals surface area contributed by atoms with Gasteiger partial charge in [0.2, 0.25) is 11.8 Å². The summed E-state index contributed by atoms with van der Waals surface area (Å²) in [6.07, 6.45) is 2.95. The number of halogens is 1. The lowest BCUT2D eigenvalue weighted by Gasteiger charge is -2.19. The van der Waals surface area contributed by atoms with Gasteiger partial charge in [0.05, 0.1) is 23.1 Å². The molecule has 2 aromatic rings. The van der Waals surface area contributed by atoms with Crippen molar-refractivity contribution in [3.63, 3.8) is 0 Å². The Morgan fingerprint density at radius 2 is 1.82 bits per heavy atom. The van der Waals surface area contributed by atoms with Crippen LogP contribution in [-0.2, 0) is 19.1 Å². The quantitative estimate of drug-likeness (QED) is 0.430. The minimum atomic E-state index is -0.761. The zero-order valence-corrected chi connectivity index (χ0v) is 17.8. The molecule has 7 nitrogen and oxygen atoms in total. The molecule has 33 heavy (non-hydrogen) atoms. The summed E-state index contributed by atoms with van der Waals surface area (Å²) < 4.78 is 18.0. The minimum absolute atomic E-state index is 0.0919. The average molecular weight is 448 g/mol. The first-order valence-corrected chi connectivity index (χ1v) is 10.7. The van der Waals surface area contributed by atoms with E-state index in [0.29, 0.717) is 11.4 Å². The number of fused-ring (bicyclic) bond motifs is 5. The molecule has 1 saturated carbocycles. The highest BCUT2D eigenvalue weighted by Crippen LogP contribution is 2.55. The maximum absolute atomic E-state index is 13.1. The number of benzene rings is 2. The molecule has 0 unspecified atom stereocenters. The molecule has 5 rings (SSSR count). The largest absolute Gasteiger partial charge is 0.452 e. The number of allylic oxidation sites excluding steroid dienone is 2. The summed E-state index contributed by atoms with van der Waals surface area (Å²) in [4.78, 5) is 51.9. The highest BCUT2D eigenvalue weighted by Gasteiger charge is 2.60. The van der Waals surface area contributed by atoms with E-state index in [-0.39, 0.29) is 41.0 Å². The number of hydrogen-bond donors (Lipinski definition) is 1. The normalized spacial score (nSPS) is 25.2. The molecule has 1 heterocycles. The Morgan fingerprint density at radius 1 is 1.09 bits per heavy atom. The van der Waals surface area contributed by atoms with E-state index in [0.717, 1.165) is 6.42 Å². The van der Waals surface area contributed by atoms with Crippen molar-refractivity contribution in [1.82, 2.24) is 0 Å². The molecule has 1 N–H and O–H groups in total. The molecule has 2 fully saturated rings. The highest BCUT2D eigenvalue weighted by atomic mass is 19.1. The van der Waals surface area contributed by atoms with E-state index in [1.165, 1.54) is 46.9 Å². The van der Waals surface area contributed by atoms with E-state index < -0.39 is 24.3 Å². The molecule has 1 saturated heterocycles. The molecule has 0 spiro atoms. The molecular weight excluding hydrogens is 427 g/mol. The maximum atomic E-state index is 13.1. The standard InChI is InChI=1S/C25H21FN2O5/c1-13-9-15-11-19(13)22-21(15)23(30)28(24(22)31)18-4-2-3-14(10-18)25(32)33-12-20(29)27-17-7-5-16(26)6-8-17/h2-10,15,19,21-22H,11-12H2,1H3,(H,27,29)/t15-,19+,21+,22-/m0/s1. The number of imide groups is 1. The van der Waals surface area contributed by atoms with Crippen LogP contribution in [0.25, 0.3) is 0 Å².